The number of rotatable bonds is 68. The zero-order valence-corrected chi connectivity index (χ0v) is 77.3. The summed E-state index contributed by atoms with van der Waals surface area (Å²) in [4.78, 5) is 192. The number of aliphatic hydroxyl groups is 1. The number of aliphatic hydroxyl groups excluding tert-OH is 1. The van der Waals surface area contributed by atoms with Crippen molar-refractivity contribution < 1.29 is 67.4 Å². The molecule has 53 N–H and O–H groups in total. The van der Waals surface area contributed by atoms with Crippen LogP contribution in [-0.4, -0.2) is 297 Å². The van der Waals surface area contributed by atoms with Crippen LogP contribution in [0.4, 0.5) is 0 Å². The van der Waals surface area contributed by atoms with Gasteiger partial charge in [0.15, 0.2) is 53.6 Å². The van der Waals surface area contributed by atoms with Gasteiger partial charge >= 0.3 is 0 Å². The average Bonchev–Trinajstić information content (AvgIpc) is 1.70. The summed E-state index contributed by atoms with van der Waals surface area (Å²) in [5.41, 5.74) is 57.0. The summed E-state index contributed by atoms with van der Waals surface area (Å²) >= 11 is 4.09. The summed E-state index contributed by atoms with van der Waals surface area (Å²) in [6.45, 7) is 2.26. The Kier molecular flexibility index (Phi) is 55.6. The lowest BCUT2D eigenvalue weighted by atomic mass is 10.0. The molecule has 0 spiro atoms. The molecule has 135 heavy (non-hydrogen) atoms. The van der Waals surface area contributed by atoms with Gasteiger partial charge in [-0.15, -0.1) is 0 Å². The molecule has 0 aliphatic rings. The molecule has 57 heteroatoms. The van der Waals surface area contributed by atoms with Gasteiger partial charge in [-0.1, -0.05) is 32.0 Å². The third kappa shape index (κ3) is 49.6. The molecule has 0 radical (unpaired) electrons. The maximum atomic E-state index is 15.2. The number of hydrogen-bond acceptors (Lipinski definition) is 25. The number of fused-ring (bicyclic) bond motifs is 1. The summed E-state index contributed by atoms with van der Waals surface area (Å²) in [6, 6.07) is -12.5. The molecule has 0 unspecified atom stereocenters. The van der Waals surface area contributed by atoms with Crippen LogP contribution in [0.25, 0.3) is 10.9 Å². The Morgan fingerprint density at radius 3 is 0.719 bits per heavy atom. The summed E-state index contributed by atoms with van der Waals surface area (Å²) in [7, 11) is 1.59. The number of aromatic amines is 1. The third-order valence-electron chi connectivity index (χ3n) is 20.3. The molecule has 1 aromatic heterocycles. The summed E-state index contributed by atoms with van der Waals surface area (Å²) < 4.78 is 0. The van der Waals surface area contributed by atoms with E-state index in [-0.39, 0.29) is 193 Å². The van der Waals surface area contributed by atoms with E-state index < -0.39 is 216 Å². The first-order valence-electron chi connectivity index (χ1n) is 44.0. The van der Waals surface area contributed by atoms with Crippen molar-refractivity contribution in [3.05, 3.63) is 36.0 Å². The Morgan fingerprint density at radius 1 is 0.311 bits per heavy atom. The molecule has 1 heterocycles. The Bertz CT molecular complexity index is 4290. The fourth-order valence-corrected chi connectivity index (χ4v) is 13.7. The second-order valence-electron chi connectivity index (χ2n) is 31.9. The minimum Gasteiger partial charge on any atom is -0.394 e. The number of nitrogens with one attached hydrogen (secondary N) is 32. The molecule has 0 fully saturated rings. The van der Waals surface area contributed by atoms with Crippen LogP contribution in [0.5, 0.6) is 0 Å². The van der Waals surface area contributed by atoms with Crippen molar-refractivity contribution in [2.75, 3.05) is 78.3 Å². The molecule has 56 nitrogen and oxygen atoms in total. The van der Waals surface area contributed by atoms with Crippen molar-refractivity contribution in [3.8, 4) is 0 Å². The molecular formula is C78H144N42O14S. The van der Waals surface area contributed by atoms with E-state index in [1.165, 1.54) is 0 Å². The van der Waals surface area contributed by atoms with Crippen molar-refractivity contribution >= 4 is 154 Å². The van der Waals surface area contributed by atoms with Crippen LogP contribution < -0.4 is 174 Å². The number of carbonyl (C=O) groups excluding carboxylic acids is 13. The molecule has 0 aliphatic carbocycles. The largest absolute Gasteiger partial charge is 0.394 e. The third-order valence-corrected chi connectivity index (χ3v) is 20.7. The maximum Gasteiger partial charge on any atom is 0.245 e. The van der Waals surface area contributed by atoms with Gasteiger partial charge in [-0.2, -0.15) is 12.6 Å². The molecule has 13 amide bonds. The first-order chi connectivity index (χ1) is 63.9. The number of thiol groups is 1. The highest BCUT2D eigenvalue weighted by molar-refractivity contribution is 7.80. The molecule has 2 rings (SSSR count). The highest BCUT2D eigenvalue weighted by atomic mass is 32.1. The van der Waals surface area contributed by atoms with Gasteiger partial charge in [0.1, 0.15) is 72.5 Å². The monoisotopic (exact) mass is 1930 g/mol. The van der Waals surface area contributed by atoms with E-state index in [0.29, 0.717) is 12.0 Å². The van der Waals surface area contributed by atoms with Gasteiger partial charge < -0.3 is 184 Å². The lowest BCUT2D eigenvalue weighted by Gasteiger charge is -2.29. The second kappa shape index (κ2) is 64.4. The van der Waals surface area contributed by atoms with Gasteiger partial charge in [-0.05, 0) is 147 Å². The fourth-order valence-electron chi connectivity index (χ4n) is 13.4. The van der Waals surface area contributed by atoms with Crippen LogP contribution in [0.3, 0.4) is 0 Å². The van der Waals surface area contributed by atoms with Crippen LogP contribution >= 0.6 is 12.6 Å². The van der Waals surface area contributed by atoms with Crippen molar-refractivity contribution in [2.24, 2.45) is 63.3 Å². The van der Waals surface area contributed by atoms with Crippen LogP contribution in [0.2, 0.25) is 0 Å². The molecule has 0 saturated carbocycles. The number of carbonyl (C=O) groups is 13. The zero-order valence-electron chi connectivity index (χ0n) is 76.4. The molecule has 0 saturated heterocycles. The van der Waals surface area contributed by atoms with E-state index in [4.69, 9.17) is 106 Å². The van der Waals surface area contributed by atoms with E-state index >= 15 is 19.2 Å². The van der Waals surface area contributed by atoms with Crippen LogP contribution in [0.15, 0.2) is 30.5 Å². The highest BCUT2D eigenvalue weighted by Gasteiger charge is 2.38. The molecule has 1 aromatic carbocycles. The number of primary amides is 1. The predicted molar refractivity (Wildman–Crippen MR) is 510 cm³/mol. The van der Waals surface area contributed by atoms with Crippen molar-refractivity contribution in [1.82, 2.24) is 122 Å². The first-order valence-corrected chi connectivity index (χ1v) is 44.6. The van der Waals surface area contributed by atoms with Crippen LogP contribution in [-0.2, 0) is 68.7 Å². The van der Waals surface area contributed by atoms with Crippen molar-refractivity contribution in [1.29, 1.82) is 48.7 Å². The maximum absolute atomic E-state index is 15.2. The number of H-pyrrole nitrogens is 1. The predicted octanol–water partition coefficient (Wildman–Crippen LogP) is -12.1. The van der Waals surface area contributed by atoms with Crippen molar-refractivity contribution in [3.63, 3.8) is 0 Å². The SMILES string of the molecule is CN[C@@H](CC(C)C)C(=O)N[C@@H](Cc1c[nH]c2ccccc12)C(=O)N[C@@H](CCCNC(=N)N)C(=O)N[C@@H](CO)C(=O)N[C@H](CCCNC(=N)N)C(=O)N[C@H](CCCNC(=N)N)C(=O)N[C@H](CCCNC(=N)N)C(=O)N[C@H](CCCNC(=N)N)C(=O)N[C@H](CCCNC(=N)N)C(=O)N[C@H](CCCNC(=N)N)C(=O)N[C@H](CCCNC(=N)N)C(=O)N[C@H](CCCNC(=N)N)C(=O)N[C@H](CS)C(N)=O. The summed E-state index contributed by atoms with van der Waals surface area (Å²) in [5.74, 6) is -17.1. The Balaban J connectivity index is 2.85. The topological polar surface area (TPSA) is 997 Å². The molecular weight excluding hydrogens is 1780 g/mol. The van der Waals surface area contributed by atoms with Gasteiger partial charge in [0, 0.05) is 88.2 Å². The number of nitrogens with two attached hydrogens (primary N) is 10. The quantitative estimate of drug-likeness (QED) is 0.0127. The van der Waals surface area contributed by atoms with Gasteiger partial charge in [0.05, 0.1) is 12.6 Å². The lowest BCUT2D eigenvalue weighted by molar-refractivity contribution is -0.136. The lowest BCUT2D eigenvalue weighted by Crippen LogP contribution is -2.61. The zero-order chi connectivity index (χ0) is 101. The van der Waals surface area contributed by atoms with E-state index in [0.717, 1.165) is 10.9 Å². The smallest absolute Gasteiger partial charge is 0.245 e. The molecule has 0 bridgehead atoms. The normalized spacial score (nSPS) is 13.8. The number of aromatic nitrogens is 1. The molecule has 2 aromatic rings. The van der Waals surface area contributed by atoms with Gasteiger partial charge in [-0.25, -0.2) is 0 Å². The van der Waals surface area contributed by atoms with E-state index in [2.05, 4.69) is 135 Å². The Morgan fingerprint density at radius 2 is 0.511 bits per heavy atom. The first kappa shape index (κ1) is 117. The van der Waals surface area contributed by atoms with Gasteiger partial charge in [0.25, 0.3) is 0 Å². The number of amides is 13. The molecule has 13 atom stereocenters. The van der Waals surface area contributed by atoms with Crippen LogP contribution in [0.1, 0.15) is 141 Å². The molecule has 756 valence electrons. The second-order valence-corrected chi connectivity index (χ2v) is 32.2. The minimum absolute atomic E-state index is 0.0146. The highest BCUT2D eigenvalue weighted by Crippen LogP contribution is 2.21. The standard InChI is InChI=1S/C78H144N42O14S/c1-40(2)35-53(98-3)67(132)118-54(36-41-37-108-43-16-5-4-15-42(41)43)68(133)116-51(24-13-33-106-77(94)95)65(130)119-55(38-121)69(134)117-50(23-12-32-105-76(92)93)64(129)114-48(21-10-30-103-74(88)89)62(127)112-46(19-8-28-101-72(84)85)60(125)110-44(17-6-26-99-70(80)81)58(123)109-45(18-7-27-100-71(82)83)59(124)111-47(20-9-29-102-73(86)87)61(126)113-49(22-11-31-104-75(90)91)63(128)115-52(25-14-34-107-78(96)97)66(131)120-56(39-135)57(79)122/h4-5,15-16,37,40,44-56,98,108,121,135H,6-14,17-36,38-39H2,1-3H3,(H2,79,122)(H,109,123)(H,110,125)(H,111,124)(H,112,127)(H,113,126)(H,114,129)(H,115,128)(H,116,133)(H,117,134)(H,118,132)(H,119,130)(H,120,131)(H4,80,81,99)(H4,82,83,100)(H4,84,85,101)(H4,86,87,102)(H4,88,89,103)(H4,90,91,104)(H4,92,93,105)(H4,94,95,106)(H4,96,97,107)/t44-,45-,46-,47-,48-,49-,50-,51+,52-,53+,54+,55+,56-/m1/s1. The summed E-state index contributed by atoms with van der Waals surface area (Å²) in [5, 5.41) is 139. The fraction of sp³-hybridized carbons (Fsp3) is 0.615. The van der Waals surface area contributed by atoms with Crippen LogP contribution in [0, 0.1) is 54.6 Å². The van der Waals surface area contributed by atoms with E-state index in [9.17, 15) is 48.3 Å². The van der Waals surface area contributed by atoms with E-state index in [1.807, 2.05) is 26.0 Å². The van der Waals surface area contributed by atoms with E-state index in [1.54, 1.807) is 25.4 Å². The van der Waals surface area contributed by atoms with Crippen molar-refractivity contribution in [2.45, 2.75) is 221 Å². The van der Waals surface area contributed by atoms with Gasteiger partial charge in [-0.3, -0.25) is 111 Å². The number of hydrogen-bond donors (Lipinski definition) is 44. The number of guanidine groups is 9. The summed E-state index contributed by atoms with van der Waals surface area (Å²) in [6.07, 6.45) is -0.451. The Labute approximate surface area is 787 Å². The number of para-hydroxylation sites is 1. The number of benzene rings is 1. The minimum atomic E-state index is -1.89. The number of likely N-dealkylation sites (N-methyl/N-ethyl adjacent to an activating group) is 1. The average molecular weight is 1930 g/mol. The van der Waals surface area contributed by atoms with Gasteiger partial charge in [0.2, 0.25) is 76.8 Å². The molecule has 0 aliphatic heterocycles. The Hall–Kier alpha value is -14.4.